The molecule has 3 aromatic rings. The van der Waals surface area contributed by atoms with Gasteiger partial charge in [-0.05, 0) is 19.1 Å². The molecule has 0 atom stereocenters. The molecule has 0 unspecified atom stereocenters. The summed E-state index contributed by atoms with van der Waals surface area (Å²) in [6, 6.07) is 18.0. The molecule has 2 aromatic carbocycles. The molecule has 0 aliphatic heterocycles. The Morgan fingerprint density at radius 3 is 2.57 bits per heavy atom. The Morgan fingerprint density at radius 1 is 1.05 bits per heavy atom. The van der Waals surface area contributed by atoms with Crippen LogP contribution in [0, 0.1) is 0 Å². The molecule has 0 amide bonds. The van der Waals surface area contributed by atoms with Crippen LogP contribution in [0.2, 0.25) is 0 Å². The fraction of sp³-hybridized carbons (Fsp3) is 0.118. The average Bonchev–Trinajstić information content (AvgIpc) is 2.91. The van der Waals surface area contributed by atoms with E-state index in [1.165, 1.54) is 11.3 Å². The fourth-order valence-corrected chi connectivity index (χ4v) is 3.00. The summed E-state index contributed by atoms with van der Waals surface area (Å²) in [7, 11) is 0. The van der Waals surface area contributed by atoms with Gasteiger partial charge in [-0.25, -0.2) is 4.98 Å². The molecule has 106 valence electrons. The monoisotopic (exact) mass is 296 g/mol. The zero-order chi connectivity index (χ0) is 14.7. The van der Waals surface area contributed by atoms with E-state index in [1.807, 2.05) is 61.5 Å². The molecule has 21 heavy (non-hydrogen) atoms. The maximum atomic E-state index is 6.15. The van der Waals surface area contributed by atoms with Crippen molar-refractivity contribution in [2.45, 2.75) is 6.92 Å². The summed E-state index contributed by atoms with van der Waals surface area (Å²) in [6.07, 6.45) is 0. The molecule has 4 heteroatoms. The third-order valence-electron chi connectivity index (χ3n) is 3.09. The minimum absolute atomic E-state index is 0.644. The first-order valence-electron chi connectivity index (χ1n) is 6.83. The predicted octanol–water partition coefficient (Wildman–Crippen LogP) is 4.46. The van der Waals surface area contributed by atoms with E-state index in [4.69, 9.17) is 10.5 Å². The first-order chi connectivity index (χ1) is 10.3. The van der Waals surface area contributed by atoms with Crippen molar-refractivity contribution in [3.05, 3.63) is 54.6 Å². The van der Waals surface area contributed by atoms with Crippen molar-refractivity contribution in [3.63, 3.8) is 0 Å². The summed E-state index contributed by atoms with van der Waals surface area (Å²) in [5.74, 6) is 0.837. The lowest BCUT2D eigenvalue weighted by atomic mass is 10.1. The van der Waals surface area contributed by atoms with Crippen molar-refractivity contribution in [1.29, 1.82) is 0 Å². The number of ether oxygens (including phenoxy) is 1. The third-order valence-corrected chi connectivity index (χ3v) is 4.03. The van der Waals surface area contributed by atoms with Crippen LogP contribution in [0.25, 0.3) is 21.8 Å². The molecule has 1 heterocycles. The maximum Gasteiger partial charge on any atom is 0.126 e. The number of nitrogens with zero attached hydrogens (tertiary/aromatic N) is 1. The van der Waals surface area contributed by atoms with Gasteiger partial charge in [0.1, 0.15) is 21.5 Å². The van der Waals surface area contributed by atoms with Crippen molar-refractivity contribution in [2.75, 3.05) is 12.3 Å². The summed E-state index contributed by atoms with van der Waals surface area (Å²) in [6.45, 7) is 2.61. The smallest absolute Gasteiger partial charge is 0.126 e. The summed E-state index contributed by atoms with van der Waals surface area (Å²) < 4.78 is 5.53. The molecule has 0 saturated heterocycles. The van der Waals surface area contributed by atoms with Crippen LogP contribution in [0.1, 0.15) is 6.92 Å². The zero-order valence-electron chi connectivity index (χ0n) is 11.7. The van der Waals surface area contributed by atoms with E-state index in [9.17, 15) is 0 Å². The molecule has 0 fully saturated rings. The quantitative estimate of drug-likeness (QED) is 0.773. The summed E-state index contributed by atoms with van der Waals surface area (Å²) in [4.78, 5) is 4.69. The number of thiazole rings is 1. The fourth-order valence-electron chi connectivity index (χ4n) is 2.14. The van der Waals surface area contributed by atoms with Gasteiger partial charge in [0.15, 0.2) is 0 Å². The Bertz CT molecular complexity index is 738. The minimum atomic E-state index is 0.644. The van der Waals surface area contributed by atoms with Gasteiger partial charge in [-0.1, -0.05) is 53.8 Å². The number of hydrogen-bond donors (Lipinski definition) is 1. The second-order valence-corrected chi connectivity index (χ2v) is 5.59. The highest BCUT2D eigenvalue weighted by Crippen LogP contribution is 2.36. The van der Waals surface area contributed by atoms with Gasteiger partial charge in [-0.15, -0.1) is 0 Å². The Kier molecular flexibility index (Phi) is 3.88. The van der Waals surface area contributed by atoms with Gasteiger partial charge >= 0.3 is 0 Å². The summed E-state index contributed by atoms with van der Waals surface area (Å²) in [5.41, 5.74) is 9.04. The molecule has 0 bridgehead atoms. The number of aromatic nitrogens is 1. The lowest BCUT2D eigenvalue weighted by Gasteiger charge is -2.04. The topological polar surface area (TPSA) is 48.1 Å². The second-order valence-electron chi connectivity index (χ2n) is 4.56. The van der Waals surface area contributed by atoms with Crippen LogP contribution in [0.3, 0.4) is 0 Å². The Hall–Kier alpha value is -2.33. The highest BCUT2D eigenvalue weighted by Gasteiger charge is 2.12. The molecule has 0 aliphatic carbocycles. The molecular formula is C17H16N2OS. The Balaban J connectivity index is 2.00. The number of nitrogens with two attached hydrogens (primary N) is 1. The van der Waals surface area contributed by atoms with Crippen LogP contribution in [-0.2, 0) is 0 Å². The van der Waals surface area contributed by atoms with Gasteiger partial charge in [0.05, 0.1) is 6.61 Å². The van der Waals surface area contributed by atoms with Crippen LogP contribution in [0.15, 0.2) is 54.6 Å². The van der Waals surface area contributed by atoms with E-state index in [2.05, 4.69) is 4.98 Å². The van der Waals surface area contributed by atoms with Crippen molar-refractivity contribution >= 4 is 16.3 Å². The molecule has 1 aromatic heterocycles. The Morgan fingerprint density at radius 2 is 1.81 bits per heavy atom. The number of benzene rings is 2. The molecule has 3 nitrogen and oxygen atoms in total. The van der Waals surface area contributed by atoms with Crippen LogP contribution < -0.4 is 10.5 Å². The third kappa shape index (κ3) is 2.90. The highest BCUT2D eigenvalue weighted by molar-refractivity contribution is 7.19. The van der Waals surface area contributed by atoms with Gasteiger partial charge in [0.2, 0.25) is 0 Å². The van der Waals surface area contributed by atoms with E-state index in [1.54, 1.807) is 0 Å². The van der Waals surface area contributed by atoms with Crippen LogP contribution >= 0.6 is 11.3 Å². The van der Waals surface area contributed by atoms with Crippen LogP contribution in [0.4, 0.5) is 5.00 Å². The normalized spacial score (nSPS) is 10.5. The molecule has 2 N–H and O–H groups in total. The molecule has 0 radical (unpaired) electrons. The second kappa shape index (κ2) is 5.97. The van der Waals surface area contributed by atoms with Crippen molar-refractivity contribution in [2.24, 2.45) is 0 Å². The van der Waals surface area contributed by atoms with Gasteiger partial charge in [-0.3, -0.25) is 0 Å². The number of hydrogen-bond acceptors (Lipinski definition) is 4. The minimum Gasteiger partial charge on any atom is -0.494 e. The van der Waals surface area contributed by atoms with Gasteiger partial charge in [0, 0.05) is 11.1 Å². The largest absolute Gasteiger partial charge is 0.494 e. The lowest BCUT2D eigenvalue weighted by Crippen LogP contribution is -1.92. The summed E-state index contributed by atoms with van der Waals surface area (Å²) in [5, 5.41) is 1.66. The van der Waals surface area contributed by atoms with E-state index >= 15 is 0 Å². The predicted molar refractivity (Wildman–Crippen MR) is 88.6 cm³/mol. The average molecular weight is 296 g/mol. The molecule has 0 spiro atoms. The van der Waals surface area contributed by atoms with E-state index in [0.29, 0.717) is 6.61 Å². The SMILES string of the molecule is CCOc1cccc(-c2nc(-c3ccccc3)sc2N)c1. The van der Waals surface area contributed by atoms with E-state index in [-0.39, 0.29) is 0 Å². The first-order valence-corrected chi connectivity index (χ1v) is 7.64. The van der Waals surface area contributed by atoms with E-state index in [0.717, 1.165) is 32.6 Å². The highest BCUT2D eigenvalue weighted by atomic mass is 32.1. The van der Waals surface area contributed by atoms with Crippen LogP contribution in [0.5, 0.6) is 5.75 Å². The standard InChI is InChI=1S/C17H16N2OS/c1-2-20-14-10-6-9-13(11-14)15-16(18)21-17(19-15)12-7-4-3-5-8-12/h3-11H,2,18H2,1H3. The van der Waals surface area contributed by atoms with Crippen molar-refractivity contribution < 1.29 is 4.74 Å². The van der Waals surface area contributed by atoms with E-state index < -0.39 is 0 Å². The molecule has 3 rings (SSSR count). The first kappa shape index (κ1) is 13.6. The zero-order valence-corrected chi connectivity index (χ0v) is 12.6. The van der Waals surface area contributed by atoms with Gasteiger partial charge < -0.3 is 10.5 Å². The molecule has 0 aliphatic rings. The number of anilines is 1. The van der Waals surface area contributed by atoms with Crippen molar-refractivity contribution in [1.82, 2.24) is 4.98 Å². The van der Waals surface area contributed by atoms with Gasteiger partial charge in [-0.2, -0.15) is 0 Å². The molecule has 0 saturated carbocycles. The van der Waals surface area contributed by atoms with Gasteiger partial charge in [0.25, 0.3) is 0 Å². The number of rotatable bonds is 4. The molecular weight excluding hydrogens is 280 g/mol. The number of nitrogen functional groups attached to an aromatic ring is 1. The maximum absolute atomic E-state index is 6.15. The lowest BCUT2D eigenvalue weighted by molar-refractivity contribution is 0.340. The van der Waals surface area contributed by atoms with Crippen LogP contribution in [-0.4, -0.2) is 11.6 Å². The van der Waals surface area contributed by atoms with Crippen molar-refractivity contribution in [3.8, 4) is 27.6 Å². The summed E-state index contributed by atoms with van der Waals surface area (Å²) >= 11 is 1.51. The Labute approximate surface area is 128 Å².